The van der Waals surface area contributed by atoms with Crippen LogP contribution in [0.15, 0.2) is 48.9 Å². The number of aryl methyl sites for hydroxylation is 1. The van der Waals surface area contributed by atoms with Gasteiger partial charge in [-0.25, -0.2) is 13.9 Å². The largest absolute Gasteiger partial charge is 0.336 e. The highest BCUT2D eigenvalue weighted by atomic mass is 19.1. The predicted molar refractivity (Wildman–Crippen MR) is 101 cm³/mol. The van der Waals surface area contributed by atoms with E-state index >= 15 is 0 Å². The molecule has 0 spiro atoms. The summed E-state index contributed by atoms with van der Waals surface area (Å²) in [7, 11) is 1.92. The van der Waals surface area contributed by atoms with Gasteiger partial charge in [-0.3, -0.25) is 9.97 Å². The van der Waals surface area contributed by atoms with Crippen LogP contribution in [0, 0.1) is 5.82 Å². The zero-order valence-electron chi connectivity index (χ0n) is 14.4. The molecule has 0 aliphatic rings. The van der Waals surface area contributed by atoms with Crippen LogP contribution in [-0.4, -0.2) is 32.4 Å². The molecule has 4 rings (SSSR count). The Hall–Kier alpha value is -3.29. The molecule has 4 aromatic rings. The maximum atomic E-state index is 14.0. The lowest BCUT2D eigenvalue weighted by atomic mass is 10.0. The van der Waals surface area contributed by atoms with Crippen LogP contribution >= 0.6 is 0 Å². The van der Waals surface area contributed by atoms with Gasteiger partial charge in [0.1, 0.15) is 11.2 Å². The Morgan fingerprint density at radius 3 is 2.88 bits per heavy atom. The van der Waals surface area contributed by atoms with Crippen LogP contribution in [-0.2, 0) is 6.42 Å². The molecule has 4 aromatic heterocycles. The minimum absolute atomic E-state index is 0.308. The molecule has 6 nitrogen and oxygen atoms in total. The average molecular weight is 346 g/mol. The molecule has 26 heavy (non-hydrogen) atoms. The fourth-order valence-electron chi connectivity index (χ4n) is 2.72. The van der Waals surface area contributed by atoms with Crippen LogP contribution in [0.1, 0.15) is 12.5 Å². The van der Waals surface area contributed by atoms with E-state index in [1.54, 1.807) is 10.6 Å². The molecule has 0 amide bonds. The van der Waals surface area contributed by atoms with Gasteiger partial charge in [-0.2, -0.15) is 0 Å². The lowest BCUT2D eigenvalue weighted by Crippen LogP contribution is -2.10. The van der Waals surface area contributed by atoms with Gasteiger partial charge in [0.25, 0.3) is 0 Å². The van der Waals surface area contributed by atoms with E-state index in [4.69, 9.17) is 0 Å². The predicted octanol–water partition coefficient (Wildman–Crippen LogP) is 1.89. The lowest BCUT2D eigenvalue weighted by molar-refractivity contribution is 0.625. The third-order valence-corrected chi connectivity index (χ3v) is 4.07. The molecule has 8 heteroatoms. The van der Waals surface area contributed by atoms with Crippen molar-refractivity contribution in [1.82, 2.24) is 24.6 Å². The Morgan fingerprint density at radius 2 is 2.12 bits per heavy atom. The van der Waals surface area contributed by atoms with Crippen LogP contribution in [0.3, 0.4) is 0 Å². The molecule has 128 valence electrons. The molecular formula is C18H16BFN6. The van der Waals surface area contributed by atoms with Gasteiger partial charge in [0.2, 0.25) is 5.82 Å². The molecule has 0 unspecified atom stereocenters. The number of hydrogen-bond donors (Lipinski definition) is 1. The quantitative estimate of drug-likeness (QED) is 0.572. The minimum Gasteiger partial charge on any atom is -0.336 e. The zero-order chi connectivity index (χ0) is 18.1. The standard InChI is InChI=1S/C18H16BFN6/c1-2-11-8-15-18(23-13-6-7-21-9-12(13)20)24-17(25-26(15)10-11)14-4-3-5-16(19)22-14/h3-10H,2,19H2,1H3,(H,21,23,24,25). The van der Waals surface area contributed by atoms with Crippen LogP contribution < -0.4 is 10.9 Å². The topological polar surface area (TPSA) is 68.0 Å². The average Bonchev–Trinajstić information content (AvgIpc) is 3.07. The number of nitrogens with zero attached hydrogens (tertiary/aromatic N) is 5. The van der Waals surface area contributed by atoms with E-state index in [-0.39, 0.29) is 0 Å². The first kappa shape index (κ1) is 16.2. The summed E-state index contributed by atoms with van der Waals surface area (Å²) in [6, 6.07) is 9.25. The molecular weight excluding hydrogens is 330 g/mol. The SMILES string of the molecule is Bc1cccc(-c2nc(Nc3ccncc3F)c3cc(CC)cn3n2)n1. The Morgan fingerprint density at radius 1 is 1.23 bits per heavy atom. The summed E-state index contributed by atoms with van der Waals surface area (Å²) >= 11 is 0. The van der Waals surface area contributed by atoms with Gasteiger partial charge in [-0.1, -0.05) is 19.1 Å². The van der Waals surface area contributed by atoms with Gasteiger partial charge >= 0.3 is 0 Å². The normalized spacial score (nSPS) is 11.0. The summed E-state index contributed by atoms with van der Waals surface area (Å²) in [5, 5.41) is 7.64. The fraction of sp³-hybridized carbons (Fsp3) is 0.111. The lowest BCUT2D eigenvalue weighted by Gasteiger charge is -2.10. The summed E-state index contributed by atoms with van der Waals surface area (Å²) in [4.78, 5) is 12.9. The molecule has 0 bridgehead atoms. The van der Waals surface area contributed by atoms with Crippen molar-refractivity contribution < 1.29 is 4.39 Å². The van der Waals surface area contributed by atoms with E-state index in [1.807, 2.05) is 38.3 Å². The smallest absolute Gasteiger partial charge is 0.200 e. The van der Waals surface area contributed by atoms with E-state index in [9.17, 15) is 4.39 Å². The first-order chi connectivity index (χ1) is 12.6. The highest BCUT2D eigenvalue weighted by Gasteiger charge is 2.14. The number of rotatable bonds is 4. The van der Waals surface area contributed by atoms with Gasteiger partial charge in [-0.15, -0.1) is 5.10 Å². The van der Waals surface area contributed by atoms with Crippen molar-refractivity contribution in [2.75, 3.05) is 5.32 Å². The molecule has 0 aromatic carbocycles. The molecule has 0 saturated carbocycles. The van der Waals surface area contributed by atoms with Gasteiger partial charge in [-0.05, 0) is 35.8 Å². The minimum atomic E-state index is -0.443. The Bertz CT molecular complexity index is 1090. The van der Waals surface area contributed by atoms with Crippen molar-refractivity contribution in [3.63, 3.8) is 0 Å². The first-order valence-corrected chi connectivity index (χ1v) is 8.34. The van der Waals surface area contributed by atoms with Gasteiger partial charge in [0, 0.05) is 12.4 Å². The zero-order valence-corrected chi connectivity index (χ0v) is 14.4. The maximum Gasteiger partial charge on any atom is 0.200 e. The highest BCUT2D eigenvalue weighted by Crippen LogP contribution is 2.25. The molecule has 0 saturated heterocycles. The molecule has 0 aliphatic heterocycles. The highest BCUT2D eigenvalue weighted by molar-refractivity contribution is 6.30. The van der Waals surface area contributed by atoms with E-state index in [0.29, 0.717) is 23.0 Å². The van der Waals surface area contributed by atoms with E-state index in [2.05, 4.69) is 32.3 Å². The van der Waals surface area contributed by atoms with E-state index in [1.165, 1.54) is 12.4 Å². The number of hydrogen-bond acceptors (Lipinski definition) is 5. The Balaban J connectivity index is 1.89. The number of nitrogens with one attached hydrogen (secondary N) is 1. The van der Waals surface area contributed by atoms with Crippen molar-refractivity contribution in [1.29, 1.82) is 0 Å². The van der Waals surface area contributed by atoms with Crippen LogP contribution in [0.2, 0.25) is 0 Å². The Labute approximate surface area is 150 Å². The molecule has 4 heterocycles. The van der Waals surface area contributed by atoms with Crippen LogP contribution in [0.5, 0.6) is 0 Å². The van der Waals surface area contributed by atoms with Gasteiger partial charge in [0.15, 0.2) is 19.5 Å². The molecule has 0 fully saturated rings. The maximum absolute atomic E-state index is 14.0. The van der Waals surface area contributed by atoms with Crippen molar-refractivity contribution in [2.24, 2.45) is 0 Å². The number of anilines is 2. The van der Waals surface area contributed by atoms with Crippen molar-refractivity contribution in [2.45, 2.75) is 13.3 Å². The molecule has 0 atom stereocenters. The van der Waals surface area contributed by atoms with Crippen molar-refractivity contribution in [3.05, 3.63) is 60.3 Å². The van der Waals surface area contributed by atoms with E-state index < -0.39 is 5.82 Å². The van der Waals surface area contributed by atoms with Gasteiger partial charge in [0.05, 0.1) is 11.9 Å². The second-order valence-corrected chi connectivity index (χ2v) is 5.96. The summed E-state index contributed by atoms with van der Waals surface area (Å²) < 4.78 is 15.8. The van der Waals surface area contributed by atoms with Crippen LogP contribution in [0.25, 0.3) is 17.0 Å². The van der Waals surface area contributed by atoms with Crippen molar-refractivity contribution in [3.8, 4) is 11.5 Å². The summed E-state index contributed by atoms with van der Waals surface area (Å²) in [6.07, 6.45) is 5.51. The number of halogens is 1. The number of fused-ring (bicyclic) bond motifs is 1. The second kappa shape index (κ2) is 6.55. The number of aromatic nitrogens is 5. The molecule has 1 N–H and O–H groups in total. The second-order valence-electron chi connectivity index (χ2n) is 5.96. The first-order valence-electron chi connectivity index (χ1n) is 8.34. The number of pyridine rings is 2. The van der Waals surface area contributed by atoms with Crippen LogP contribution in [0.4, 0.5) is 15.9 Å². The van der Waals surface area contributed by atoms with E-state index in [0.717, 1.165) is 23.1 Å². The fourth-order valence-corrected chi connectivity index (χ4v) is 2.72. The third-order valence-electron chi connectivity index (χ3n) is 4.07. The summed E-state index contributed by atoms with van der Waals surface area (Å²) in [5.74, 6) is 0.543. The summed E-state index contributed by atoms with van der Waals surface area (Å²) in [5.41, 5.74) is 3.74. The monoisotopic (exact) mass is 346 g/mol. The molecule has 0 radical (unpaired) electrons. The Kier molecular flexibility index (Phi) is 4.08. The molecule has 0 aliphatic carbocycles. The van der Waals surface area contributed by atoms with Gasteiger partial charge < -0.3 is 5.32 Å². The summed E-state index contributed by atoms with van der Waals surface area (Å²) in [6.45, 7) is 2.07. The van der Waals surface area contributed by atoms with Crippen molar-refractivity contribution >= 4 is 30.5 Å². The third kappa shape index (κ3) is 3.01.